The Morgan fingerprint density at radius 2 is 1.92 bits per heavy atom. The van der Waals surface area contributed by atoms with Crippen LogP contribution in [-0.2, 0) is 4.79 Å². The maximum absolute atomic E-state index is 12.3. The molecular weight excluding hydrogens is 390 g/mol. The van der Waals surface area contributed by atoms with Gasteiger partial charge >= 0.3 is 0 Å². The summed E-state index contributed by atoms with van der Waals surface area (Å²) in [5.74, 6) is -2.88. The Morgan fingerprint density at radius 1 is 1.27 bits per heavy atom. The van der Waals surface area contributed by atoms with Crippen molar-refractivity contribution < 1.29 is 23.2 Å². The summed E-state index contributed by atoms with van der Waals surface area (Å²) < 4.78 is 30.0. The van der Waals surface area contributed by atoms with E-state index in [1.165, 1.54) is 43.3 Å². The van der Waals surface area contributed by atoms with Crippen LogP contribution in [0.25, 0.3) is 0 Å². The molecule has 0 aromatic heterocycles. The van der Waals surface area contributed by atoms with Gasteiger partial charge in [0.2, 0.25) is 0 Å². The molecule has 0 radical (unpaired) electrons. The highest BCUT2D eigenvalue weighted by Gasteiger charge is 2.18. The lowest BCUT2D eigenvalue weighted by Crippen LogP contribution is -2.30. The standard InChI is InChI=1S/C16H13ClF2N2O4S/c1-9(25-14-7-4-11(21(23)24)8-13(14)17)15(22)20-10-2-5-12(6-3-10)26-16(18)19/h2-9,16H,1H3,(H,20,22)/t9-/m1/s1. The van der Waals surface area contributed by atoms with Crippen LogP contribution in [0.3, 0.4) is 0 Å². The van der Waals surface area contributed by atoms with E-state index < -0.39 is 22.7 Å². The zero-order valence-electron chi connectivity index (χ0n) is 13.3. The molecule has 0 aliphatic rings. The number of benzene rings is 2. The number of hydrogen-bond donors (Lipinski definition) is 1. The van der Waals surface area contributed by atoms with Crippen LogP contribution in [0.15, 0.2) is 47.4 Å². The summed E-state index contributed by atoms with van der Waals surface area (Å²) in [6.07, 6.45) is -0.941. The van der Waals surface area contributed by atoms with Gasteiger partial charge in [0, 0.05) is 22.7 Å². The molecule has 6 nitrogen and oxygen atoms in total. The number of non-ortho nitro benzene ring substituents is 1. The van der Waals surface area contributed by atoms with Crippen molar-refractivity contribution in [1.29, 1.82) is 0 Å². The molecule has 10 heteroatoms. The summed E-state index contributed by atoms with van der Waals surface area (Å²) in [4.78, 5) is 22.6. The summed E-state index contributed by atoms with van der Waals surface area (Å²) in [5, 5.41) is 13.3. The van der Waals surface area contributed by atoms with Gasteiger partial charge in [-0.25, -0.2) is 0 Å². The Kier molecular flexibility index (Phi) is 6.76. The van der Waals surface area contributed by atoms with Crippen molar-refractivity contribution in [1.82, 2.24) is 0 Å². The average Bonchev–Trinajstić information content (AvgIpc) is 2.57. The Morgan fingerprint density at radius 3 is 2.46 bits per heavy atom. The van der Waals surface area contributed by atoms with Gasteiger partial charge in [0.25, 0.3) is 17.4 Å². The fraction of sp³-hybridized carbons (Fsp3) is 0.188. The van der Waals surface area contributed by atoms with Crippen molar-refractivity contribution in [2.75, 3.05) is 5.32 Å². The molecule has 2 aromatic rings. The molecule has 0 aliphatic carbocycles. The normalized spacial score (nSPS) is 11.9. The van der Waals surface area contributed by atoms with E-state index in [9.17, 15) is 23.7 Å². The van der Waals surface area contributed by atoms with E-state index in [2.05, 4.69) is 5.32 Å². The van der Waals surface area contributed by atoms with Crippen molar-refractivity contribution in [2.24, 2.45) is 0 Å². The molecule has 0 heterocycles. The molecule has 0 saturated carbocycles. The molecule has 1 amide bonds. The second kappa shape index (κ2) is 8.81. The van der Waals surface area contributed by atoms with Gasteiger partial charge in [-0.15, -0.1) is 0 Å². The summed E-state index contributed by atoms with van der Waals surface area (Å²) >= 11 is 6.32. The first-order chi connectivity index (χ1) is 12.3. The van der Waals surface area contributed by atoms with E-state index in [0.717, 1.165) is 6.07 Å². The predicted molar refractivity (Wildman–Crippen MR) is 95.1 cm³/mol. The van der Waals surface area contributed by atoms with E-state index >= 15 is 0 Å². The highest BCUT2D eigenvalue weighted by molar-refractivity contribution is 7.99. The van der Waals surface area contributed by atoms with Crippen molar-refractivity contribution in [2.45, 2.75) is 23.7 Å². The Bertz CT molecular complexity index is 805. The lowest BCUT2D eigenvalue weighted by molar-refractivity contribution is -0.384. The van der Waals surface area contributed by atoms with Gasteiger partial charge in [0.05, 0.1) is 9.95 Å². The molecule has 0 bridgehead atoms. The number of amides is 1. The molecule has 1 atom stereocenters. The first-order valence-electron chi connectivity index (χ1n) is 7.22. The van der Waals surface area contributed by atoms with E-state index in [0.29, 0.717) is 22.3 Å². The molecule has 0 spiro atoms. The molecule has 0 aliphatic heterocycles. The third-order valence-electron chi connectivity index (χ3n) is 3.15. The Balaban J connectivity index is 1.98. The molecule has 138 valence electrons. The molecule has 26 heavy (non-hydrogen) atoms. The monoisotopic (exact) mass is 402 g/mol. The van der Waals surface area contributed by atoms with Gasteiger partial charge in [0.15, 0.2) is 6.10 Å². The summed E-state index contributed by atoms with van der Waals surface area (Å²) in [6, 6.07) is 9.56. The van der Waals surface area contributed by atoms with Crippen LogP contribution in [0.4, 0.5) is 20.2 Å². The number of hydrogen-bond acceptors (Lipinski definition) is 5. The topological polar surface area (TPSA) is 81.5 Å². The van der Waals surface area contributed by atoms with Gasteiger partial charge in [-0.2, -0.15) is 8.78 Å². The number of nitro groups is 1. The SMILES string of the molecule is C[C@@H](Oc1ccc([N+](=O)[O-])cc1Cl)C(=O)Nc1ccc(SC(F)F)cc1. The zero-order valence-corrected chi connectivity index (χ0v) is 14.9. The summed E-state index contributed by atoms with van der Waals surface area (Å²) in [7, 11) is 0. The maximum Gasteiger partial charge on any atom is 0.288 e. The number of rotatable bonds is 7. The van der Waals surface area contributed by atoms with Crippen LogP contribution in [0.5, 0.6) is 5.75 Å². The molecule has 2 rings (SSSR count). The van der Waals surface area contributed by atoms with Crippen LogP contribution in [0, 0.1) is 10.1 Å². The predicted octanol–water partition coefficient (Wildman–Crippen LogP) is 4.97. The fourth-order valence-electron chi connectivity index (χ4n) is 1.91. The van der Waals surface area contributed by atoms with Gasteiger partial charge in [-0.1, -0.05) is 23.4 Å². The minimum Gasteiger partial charge on any atom is -0.479 e. The number of nitro benzene ring substituents is 1. The van der Waals surface area contributed by atoms with Gasteiger partial charge < -0.3 is 10.1 Å². The van der Waals surface area contributed by atoms with Crippen LogP contribution >= 0.6 is 23.4 Å². The minimum absolute atomic E-state index is 0.00669. The first kappa shape index (κ1) is 19.9. The number of thioether (sulfide) groups is 1. The number of nitrogens with zero attached hydrogens (tertiary/aromatic N) is 1. The third-order valence-corrected chi connectivity index (χ3v) is 4.16. The number of nitrogens with one attached hydrogen (secondary N) is 1. The van der Waals surface area contributed by atoms with Gasteiger partial charge in [-0.05, 0) is 37.3 Å². The van der Waals surface area contributed by atoms with Crippen LogP contribution < -0.4 is 10.1 Å². The van der Waals surface area contributed by atoms with Crippen LogP contribution in [0.1, 0.15) is 6.92 Å². The number of ether oxygens (including phenoxy) is 1. The van der Waals surface area contributed by atoms with Crippen molar-refractivity contribution >= 4 is 40.6 Å². The van der Waals surface area contributed by atoms with Gasteiger partial charge in [-0.3, -0.25) is 14.9 Å². The van der Waals surface area contributed by atoms with E-state index in [1.807, 2.05) is 0 Å². The van der Waals surface area contributed by atoms with E-state index in [-0.39, 0.29) is 16.5 Å². The molecule has 0 fully saturated rings. The fourth-order valence-corrected chi connectivity index (χ4v) is 2.62. The largest absolute Gasteiger partial charge is 0.479 e. The number of alkyl halides is 2. The second-order valence-corrected chi connectivity index (χ2v) is 6.49. The number of anilines is 1. The van der Waals surface area contributed by atoms with E-state index in [1.54, 1.807) is 0 Å². The average molecular weight is 403 g/mol. The van der Waals surface area contributed by atoms with Crippen molar-refractivity contribution in [3.63, 3.8) is 0 Å². The van der Waals surface area contributed by atoms with Crippen LogP contribution in [0.2, 0.25) is 5.02 Å². The molecule has 1 N–H and O–H groups in total. The molecule has 2 aromatic carbocycles. The minimum atomic E-state index is -2.52. The number of carbonyl (C=O) groups is 1. The highest BCUT2D eigenvalue weighted by Crippen LogP contribution is 2.30. The smallest absolute Gasteiger partial charge is 0.288 e. The lowest BCUT2D eigenvalue weighted by Gasteiger charge is -2.15. The summed E-state index contributed by atoms with van der Waals surface area (Å²) in [5.41, 5.74) is 0.222. The van der Waals surface area contributed by atoms with E-state index in [4.69, 9.17) is 16.3 Å². The number of halogens is 3. The zero-order chi connectivity index (χ0) is 19.3. The Labute approximate surface area is 156 Å². The highest BCUT2D eigenvalue weighted by atomic mass is 35.5. The molecule has 0 unspecified atom stereocenters. The quantitative estimate of drug-likeness (QED) is 0.401. The lowest BCUT2D eigenvalue weighted by atomic mass is 10.3. The Hall–Kier alpha value is -2.39. The van der Waals surface area contributed by atoms with Gasteiger partial charge in [0.1, 0.15) is 5.75 Å². The first-order valence-corrected chi connectivity index (χ1v) is 8.48. The second-order valence-electron chi connectivity index (χ2n) is 5.02. The van der Waals surface area contributed by atoms with Crippen molar-refractivity contribution in [3.8, 4) is 5.75 Å². The molecule has 0 saturated heterocycles. The van der Waals surface area contributed by atoms with Crippen molar-refractivity contribution in [3.05, 3.63) is 57.6 Å². The maximum atomic E-state index is 12.3. The van der Waals surface area contributed by atoms with Crippen LogP contribution in [-0.4, -0.2) is 22.7 Å². The number of carbonyl (C=O) groups excluding carboxylic acids is 1. The summed E-state index contributed by atoms with van der Waals surface area (Å²) in [6.45, 7) is 1.48. The third kappa shape index (κ3) is 5.57. The molecular formula is C16H13ClF2N2O4S.